The van der Waals surface area contributed by atoms with Crippen LogP contribution in [-0.2, 0) is 12.8 Å². The highest BCUT2D eigenvalue weighted by Crippen LogP contribution is 2.49. The van der Waals surface area contributed by atoms with E-state index in [0.29, 0.717) is 23.9 Å². The van der Waals surface area contributed by atoms with E-state index in [1.807, 2.05) is 23.5 Å². The van der Waals surface area contributed by atoms with Gasteiger partial charge in [0.05, 0.1) is 27.6 Å². The number of hydrogen-bond donors (Lipinski definition) is 0. The molecule has 0 unspecified atom stereocenters. The summed E-state index contributed by atoms with van der Waals surface area (Å²) >= 11 is 4.03. The number of aliphatic imine (C=N–C) groups is 2. The maximum absolute atomic E-state index is 5.43. The molecule has 2 aromatic rings. The van der Waals surface area contributed by atoms with Crippen molar-refractivity contribution in [3.63, 3.8) is 0 Å². The molecule has 3 aliphatic rings. The molecule has 1 aliphatic carbocycles. The fourth-order valence-electron chi connectivity index (χ4n) is 5.67. The zero-order chi connectivity index (χ0) is 23.0. The van der Waals surface area contributed by atoms with Crippen LogP contribution in [0.15, 0.2) is 58.5 Å². The molecule has 5 rings (SSSR count). The summed E-state index contributed by atoms with van der Waals surface area (Å²) < 4.78 is 0. The van der Waals surface area contributed by atoms with Gasteiger partial charge in [0.25, 0.3) is 0 Å². The second-order valence-electron chi connectivity index (χ2n) is 10.8. The van der Waals surface area contributed by atoms with Gasteiger partial charge in [0.15, 0.2) is 0 Å². The van der Waals surface area contributed by atoms with Crippen LogP contribution in [0.5, 0.6) is 0 Å². The summed E-state index contributed by atoms with van der Waals surface area (Å²) in [6.45, 7) is 9.28. The number of fused-ring (bicyclic) bond motifs is 3. The van der Waals surface area contributed by atoms with Crippen molar-refractivity contribution in [1.29, 1.82) is 0 Å². The number of hydrogen-bond acceptors (Lipinski definition) is 4. The Morgan fingerprint density at radius 3 is 1.58 bits per heavy atom. The molecular formula is C29H36N2S2. The van der Waals surface area contributed by atoms with Crippen LogP contribution in [0, 0.1) is 17.3 Å². The van der Waals surface area contributed by atoms with Crippen LogP contribution in [-0.4, -0.2) is 33.7 Å². The number of benzene rings is 2. The van der Waals surface area contributed by atoms with Crippen LogP contribution < -0.4 is 0 Å². The fraction of sp³-hybridized carbons (Fsp3) is 0.517. The Morgan fingerprint density at radius 1 is 0.727 bits per heavy atom. The van der Waals surface area contributed by atoms with Gasteiger partial charge in [-0.2, -0.15) is 0 Å². The lowest BCUT2D eigenvalue weighted by molar-refractivity contribution is 0.517. The molecule has 0 N–H and O–H groups in total. The molecule has 174 valence electrons. The molecule has 2 nitrogen and oxygen atoms in total. The van der Waals surface area contributed by atoms with E-state index in [1.54, 1.807) is 0 Å². The zero-order valence-electron chi connectivity index (χ0n) is 20.4. The first-order valence-corrected chi connectivity index (χ1v) is 14.5. The first-order valence-electron chi connectivity index (χ1n) is 12.5. The minimum Gasteiger partial charge on any atom is -0.278 e. The maximum atomic E-state index is 5.43. The molecule has 2 aromatic carbocycles. The van der Waals surface area contributed by atoms with Crippen LogP contribution in [0.25, 0.3) is 11.1 Å². The highest BCUT2D eigenvalue weighted by atomic mass is 32.2. The number of nitrogens with zero attached hydrogens (tertiary/aromatic N) is 2. The van der Waals surface area contributed by atoms with Crippen molar-refractivity contribution in [2.24, 2.45) is 27.2 Å². The van der Waals surface area contributed by atoms with Gasteiger partial charge in [-0.05, 0) is 59.8 Å². The highest BCUT2D eigenvalue weighted by molar-refractivity contribution is 8.16. The summed E-state index contributed by atoms with van der Waals surface area (Å²) in [6.07, 6.45) is 4.35. The molecule has 0 saturated carbocycles. The van der Waals surface area contributed by atoms with Crippen LogP contribution in [0.4, 0.5) is 0 Å². The minimum atomic E-state index is -0.129. The van der Waals surface area contributed by atoms with E-state index in [4.69, 9.17) is 9.98 Å². The quantitative estimate of drug-likeness (QED) is 0.430. The third-order valence-electron chi connectivity index (χ3n) is 7.04. The summed E-state index contributed by atoms with van der Waals surface area (Å²) in [5, 5.41) is 2.69. The monoisotopic (exact) mass is 476 g/mol. The predicted octanol–water partition coefficient (Wildman–Crippen LogP) is 7.56. The Bertz CT molecular complexity index is 983. The molecule has 0 bridgehead atoms. The first kappa shape index (κ1) is 23.2. The van der Waals surface area contributed by atoms with Gasteiger partial charge in [-0.3, -0.25) is 9.98 Å². The Morgan fingerprint density at radius 2 is 1.15 bits per heavy atom. The smallest absolute Gasteiger partial charge is 0.0814 e. The summed E-state index contributed by atoms with van der Waals surface area (Å²) in [5.41, 5.74) is 5.52. The summed E-state index contributed by atoms with van der Waals surface area (Å²) in [5.74, 6) is 3.59. The fourth-order valence-corrected chi connectivity index (χ4v) is 8.33. The molecule has 4 heteroatoms. The second kappa shape index (κ2) is 9.62. The van der Waals surface area contributed by atoms with Crippen LogP contribution in [0.1, 0.15) is 51.7 Å². The average Bonchev–Trinajstić information content (AvgIpc) is 3.40. The molecule has 33 heavy (non-hydrogen) atoms. The minimum absolute atomic E-state index is 0.129. The SMILES string of the molecule is CC(C)C[C@H]1CSC(C2(C3=N[C@@H](CC(C)C)CS3)Cc3ccccc3-c3ccccc3C2)=N1. The van der Waals surface area contributed by atoms with Crippen molar-refractivity contribution < 1.29 is 0 Å². The van der Waals surface area contributed by atoms with Crippen molar-refractivity contribution in [3.8, 4) is 11.1 Å². The second-order valence-corrected chi connectivity index (χ2v) is 12.8. The largest absolute Gasteiger partial charge is 0.278 e. The van der Waals surface area contributed by atoms with Gasteiger partial charge in [-0.15, -0.1) is 23.5 Å². The van der Waals surface area contributed by atoms with Crippen molar-refractivity contribution in [2.45, 2.75) is 65.5 Å². The van der Waals surface area contributed by atoms with E-state index in [1.165, 1.54) is 45.2 Å². The van der Waals surface area contributed by atoms with Gasteiger partial charge < -0.3 is 0 Å². The van der Waals surface area contributed by atoms with E-state index in [2.05, 4.69) is 76.2 Å². The Hall–Kier alpha value is -1.52. The van der Waals surface area contributed by atoms with E-state index < -0.39 is 0 Å². The summed E-state index contributed by atoms with van der Waals surface area (Å²) in [6, 6.07) is 18.9. The molecule has 0 spiro atoms. The van der Waals surface area contributed by atoms with Crippen molar-refractivity contribution in [3.05, 3.63) is 59.7 Å². The lowest BCUT2D eigenvalue weighted by atomic mass is 9.79. The molecule has 0 fully saturated rings. The molecule has 0 saturated heterocycles. The maximum Gasteiger partial charge on any atom is 0.0814 e. The van der Waals surface area contributed by atoms with Gasteiger partial charge in [0, 0.05) is 11.5 Å². The standard InChI is InChI=1S/C29H36N2S2/c1-19(2)13-23-17-32-27(30-23)29(28-31-24(18-33-28)14-20(3)4)15-21-9-5-7-11-25(21)26-12-8-6-10-22(26)16-29/h5-12,19-20,23-24H,13-18H2,1-4H3/t23-,24-/m0/s1. The zero-order valence-corrected chi connectivity index (χ0v) is 22.0. The third-order valence-corrected chi connectivity index (χ3v) is 9.68. The predicted molar refractivity (Wildman–Crippen MR) is 148 cm³/mol. The lowest BCUT2D eigenvalue weighted by Crippen LogP contribution is -2.39. The highest BCUT2D eigenvalue weighted by Gasteiger charge is 2.47. The molecular weight excluding hydrogens is 440 g/mol. The van der Waals surface area contributed by atoms with Crippen molar-refractivity contribution >= 4 is 33.6 Å². The molecule has 0 amide bonds. The van der Waals surface area contributed by atoms with E-state index >= 15 is 0 Å². The molecule has 0 radical (unpaired) electrons. The average molecular weight is 477 g/mol. The van der Waals surface area contributed by atoms with E-state index in [0.717, 1.165) is 24.3 Å². The molecule has 2 atom stereocenters. The van der Waals surface area contributed by atoms with Crippen LogP contribution >= 0.6 is 23.5 Å². The van der Waals surface area contributed by atoms with Crippen LogP contribution in [0.2, 0.25) is 0 Å². The number of rotatable bonds is 6. The van der Waals surface area contributed by atoms with Crippen molar-refractivity contribution in [2.75, 3.05) is 11.5 Å². The van der Waals surface area contributed by atoms with E-state index in [9.17, 15) is 0 Å². The summed E-state index contributed by atoms with van der Waals surface area (Å²) in [7, 11) is 0. The molecule has 2 heterocycles. The van der Waals surface area contributed by atoms with Gasteiger partial charge in [0.2, 0.25) is 0 Å². The first-order chi connectivity index (χ1) is 15.9. The topological polar surface area (TPSA) is 24.7 Å². The molecule has 2 aliphatic heterocycles. The van der Waals surface area contributed by atoms with Crippen molar-refractivity contribution in [1.82, 2.24) is 0 Å². The molecule has 0 aromatic heterocycles. The van der Waals surface area contributed by atoms with Gasteiger partial charge in [-0.25, -0.2) is 0 Å². The van der Waals surface area contributed by atoms with E-state index in [-0.39, 0.29) is 5.41 Å². The van der Waals surface area contributed by atoms with Crippen LogP contribution in [0.3, 0.4) is 0 Å². The Kier molecular flexibility index (Phi) is 6.77. The normalized spacial score (nSPS) is 23.8. The van der Waals surface area contributed by atoms with Gasteiger partial charge >= 0.3 is 0 Å². The Balaban J connectivity index is 1.64. The van der Waals surface area contributed by atoms with Gasteiger partial charge in [0.1, 0.15) is 0 Å². The lowest BCUT2D eigenvalue weighted by Gasteiger charge is -2.33. The van der Waals surface area contributed by atoms with Gasteiger partial charge in [-0.1, -0.05) is 76.2 Å². The number of thioether (sulfide) groups is 2. The summed E-state index contributed by atoms with van der Waals surface area (Å²) in [4.78, 5) is 10.9. The third kappa shape index (κ3) is 4.71. The Labute approximate surface area is 208 Å².